The molecular formula is C10H13N3O. The Balaban J connectivity index is 2.24. The average Bonchev–Trinajstić information content (AvgIpc) is 2.92. The summed E-state index contributed by atoms with van der Waals surface area (Å²) in [4.78, 5) is 11.0. The number of carbonyl (C=O) groups excluding carboxylic acids is 1. The molecule has 0 aliphatic heterocycles. The van der Waals surface area contributed by atoms with E-state index in [4.69, 9.17) is 11.5 Å². The lowest BCUT2D eigenvalue weighted by molar-refractivity contribution is 0.100. The molecule has 0 saturated heterocycles. The Morgan fingerprint density at radius 1 is 1.43 bits per heavy atom. The van der Waals surface area contributed by atoms with Crippen LogP contribution in [0.4, 0.5) is 11.4 Å². The van der Waals surface area contributed by atoms with Crippen molar-refractivity contribution in [2.75, 3.05) is 11.1 Å². The number of rotatable bonds is 3. The van der Waals surface area contributed by atoms with E-state index in [0.29, 0.717) is 17.3 Å². The third-order valence-electron chi connectivity index (χ3n) is 2.27. The van der Waals surface area contributed by atoms with Crippen molar-refractivity contribution in [1.29, 1.82) is 0 Å². The molecule has 5 N–H and O–H groups in total. The van der Waals surface area contributed by atoms with Gasteiger partial charge in [-0.3, -0.25) is 4.79 Å². The summed E-state index contributed by atoms with van der Waals surface area (Å²) >= 11 is 0. The Bertz CT molecular complexity index is 372. The first-order valence-electron chi connectivity index (χ1n) is 4.62. The van der Waals surface area contributed by atoms with Crippen LogP contribution in [-0.4, -0.2) is 11.9 Å². The molecular weight excluding hydrogens is 178 g/mol. The molecule has 0 spiro atoms. The highest BCUT2D eigenvalue weighted by molar-refractivity contribution is 5.98. The highest BCUT2D eigenvalue weighted by Gasteiger charge is 2.21. The van der Waals surface area contributed by atoms with E-state index < -0.39 is 5.91 Å². The third-order valence-corrected chi connectivity index (χ3v) is 2.27. The summed E-state index contributed by atoms with van der Waals surface area (Å²) in [7, 11) is 0. The normalized spacial score (nSPS) is 15.1. The van der Waals surface area contributed by atoms with E-state index in [1.54, 1.807) is 12.1 Å². The number of anilines is 2. The first-order chi connectivity index (χ1) is 6.66. The molecule has 0 bridgehead atoms. The molecule has 0 radical (unpaired) electrons. The summed E-state index contributed by atoms with van der Waals surface area (Å²) in [5, 5.41) is 3.28. The number of nitrogens with two attached hydrogens (primary N) is 2. The number of nitrogen functional groups attached to an aromatic ring is 1. The van der Waals surface area contributed by atoms with Gasteiger partial charge < -0.3 is 16.8 Å². The predicted octanol–water partition coefficient (Wildman–Crippen LogP) is 0.942. The zero-order valence-corrected chi connectivity index (χ0v) is 7.79. The molecule has 1 fully saturated rings. The second kappa shape index (κ2) is 3.21. The Hall–Kier alpha value is -1.71. The van der Waals surface area contributed by atoms with E-state index >= 15 is 0 Å². The summed E-state index contributed by atoms with van der Waals surface area (Å²) in [5.74, 6) is -0.484. The summed E-state index contributed by atoms with van der Waals surface area (Å²) < 4.78 is 0. The molecule has 74 valence electrons. The lowest BCUT2D eigenvalue weighted by Crippen LogP contribution is -2.14. The molecule has 0 heterocycles. The second-order valence-corrected chi connectivity index (χ2v) is 3.58. The number of nitrogens with one attached hydrogen (secondary N) is 1. The lowest BCUT2D eigenvalue weighted by Gasteiger charge is -2.07. The first-order valence-corrected chi connectivity index (χ1v) is 4.62. The number of hydrogen-bond donors (Lipinski definition) is 3. The van der Waals surface area contributed by atoms with Crippen LogP contribution in [0.15, 0.2) is 18.2 Å². The van der Waals surface area contributed by atoms with E-state index in [-0.39, 0.29) is 0 Å². The first kappa shape index (κ1) is 8.87. The van der Waals surface area contributed by atoms with Gasteiger partial charge in [0, 0.05) is 17.4 Å². The Morgan fingerprint density at radius 3 is 2.71 bits per heavy atom. The zero-order chi connectivity index (χ0) is 10.1. The number of carbonyl (C=O) groups is 1. The van der Waals surface area contributed by atoms with Gasteiger partial charge in [0.25, 0.3) is 5.91 Å². The van der Waals surface area contributed by atoms with Gasteiger partial charge in [0.2, 0.25) is 0 Å². The van der Waals surface area contributed by atoms with Gasteiger partial charge in [-0.1, -0.05) is 0 Å². The van der Waals surface area contributed by atoms with E-state index in [9.17, 15) is 4.79 Å². The predicted molar refractivity (Wildman–Crippen MR) is 56.0 cm³/mol. The number of benzene rings is 1. The maximum absolute atomic E-state index is 11.0. The molecule has 1 aliphatic rings. The van der Waals surface area contributed by atoms with Crippen molar-refractivity contribution in [2.45, 2.75) is 18.9 Å². The van der Waals surface area contributed by atoms with Gasteiger partial charge in [-0.05, 0) is 31.0 Å². The second-order valence-electron chi connectivity index (χ2n) is 3.58. The molecule has 1 aliphatic carbocycles. The SMILES string of the molecule is NC(=O)c1cc(NC2CC2)ccc1N. The number of amides is 1. The Labute approximate surface area is 82.3 Å². The summed E-state index contributed by atoms with van der Waals surface area (Å²) in [6.45, 7) is 0. The van der Waals surface area contributed by atoms with Crippen LogP contribution in [0.1, 0.15) is 23.2 Å². The highest BCUT2D eigenvalue weighted by atomic mass is 16.1. The Morgan fingerprint density at radius 2 is 2.14 bits per heavy atom. The van der Waals surface area contributed by atoms with Gasteiger partial charge in [-0.15, -0.1) is 0 Å². The highest BCUT2D eigenvalue weighted by Crippen LogP contribution is 2.26. The number of primary amides is 1. The van der Waals surface area contributed by atoms with Crippen LogP contribution in [-0.2, 0) is 0 Å². The van der Waals surface area contributed by atoms with E-state index in [2.05, 4.69) is 5.32 Å². The fourth-order valence-electron chi connectivity index (χ4n) is 1.32. The smallest absolute Gasteiger partial charge is 0.250 e. The minimum atomic E-state index is -0.484. The standard InChI is InChI=1S/C10H13N3O/c11-9-4-3-7(13-6-1-2-6)5-8(9)10(12)14/h3-6,13H,1-2,11H2,(H2,12,14). The van der Waals surface area contributed by atoms with Gasteiger partial charge in [-0.25, -0.2) is 0 Å². The molecule has 1 amide bonds. The molecule has 1 aromatic carbocycles. The van der Waals surface area contributed by atoms with Crippen molar-refractivity contribution in [3.8, 4) is 0 Å². The van der Waals surface area contributed by atoms with Gasteiger partial charge >= 0.3 is 0 Å². The van der Waals surface area contributed by atoms with Gasteiger partial charge in [0.1, 0.15) is 0 Å². The van der Waals surface area contributed by atoms with Crippen molar-refractivity contribution in [2.24, 2.45) is 5.73 Å². The molecule has 4 heteroatoms. The maximum atomic E-state index is 11.0. The zero-order valence-electron chi connectivity index (χ0n) is 7.79. The van der Waals surface area contributed by atoms with Crippen LogP contribution in [0.5, 0.6) is 0 Å². The van der Waals surface area contributed by atoms with E-state index in [0.717, 1.165) is 5.69 Å². The quantitative estimate of drug-likeness (QED) is 0.622. The molecule has 2 rings (SSSR count). The van der Waals surface area contributed by atoms with Gasteiger partial charge in [0.05, 0.1) is 5.56 Å². The van der Waals surface area contributed by atoms with Crippen LogP contribution >= 0.6 is 0 Å². The largest absolute Gasteiger partial charge is 0.398 e. The van der Waals surface area contributed by atoms with E-state index in [1.165, 1.54) is 12.8 Å². The molecule has 0 unspecified atom stereocenters. The van der Waals surface area contributed by atoms with Crippen molar-refractivity contribution in [3.05, 3.63) is 23.8 Å². The minimum Gasteiger partial charge on any atom is -0.398 e. The molecule has 0 aromatic heterocycles. The van der Waals surface area contributed by atoms with Gasteiger partial charge in [-0.2, -0.15) is 0 Å². The van der Waals surface area contributed by atoms with E-state index in [1.807, 2.05) is 6.07 Å². The maximum Gasteiger partial charge on any atom is 0.250 e. The van der Waals surface area contributed by atoms with Crippen molar-refractivity contribution < 1.29 is 4.79 Å². The summed E-state index contributed by atoms with van der Waals surface area (Å²) in [6.07, 6.45) is 2.38. The fraction of sp³-hybridized carbons (Fsp3) is 0.300. The van der Waals surface area contributed by atoms with Crippen LogP contribution in [0.2, 0.25) is 0 Å². The van der Waals surface area contributed by atoms with Crippen molar-refractivity contribution >= 4 is 17.3 Å². The summed E-state index contributed by atoms with van der Waals surface area (Å²) in [6, 6.07) is 5.82. The Kier molecular flexibility index (Phi) is 2.04. The molecule has 0 atom stereocenters. The van der Waals surface area contributed by atoms with Crippen LogP contribution in [0.25, 0.3) is 0 Å². The molecule has 1 saturated carbocycles. The molecule has 1 aromatic rings. The van der Waals surface area contributed by atoms with Crippen LogP contribution in [0, 0.1) is 0 Å². The fourth-order valence-corrected chi connectivity index (χ4v) is 1.32. The molecule has 4 nitrogen and oxygen atoms in total. The topological polar surface area (TPSA) is 81.1 Å². The number of hydrogen-bond acceptors (Lipinski definition) is 3. The monoisotopic (exact) mass is 191 g/mol. The van der Waals surface area contributed by atoms with Crippen LogP contribution < -0.4 is 16.8 Å². The van der Waals surface area contributed by atoms with Gasteiger partial charge in [0.15, 0.2) is 0 Å². The lowest BCUT2D eigenvalue weighted by atomic mass is 10.1. The van der Waals surface area contributed by atoms with Crippen molar-refractivity contribution in [3.63, 3.8) is 0 Å². The average molecular weight is 191 g/mol. The van der Waals surface area contributed by atoms with Crippen LogP contribution in [0.3, 0.4) is 0 Å². The minimum absolute atomic E-state index is 0.385. The molecule has 14 heavy (non-hydrogen) atoms. The third kappa shape index (κ3) is 1.79. The van der Waals surface area contributed by atoms with Crippen molar-refractivity contribution in [1.82, 2.24) is 0 Å². The summed E-state index contributed by atoms with van der Waals surface area (Å²) in [5.41, 5.74) is 12.5.